The average Bonchev–Trinajstić information content (AvgIpc) is 3.33. The number of aromatic amines is 1. The normalized spacial score (nSPS) is 17.3. The van der Waals surface area contributed by atoms with E-state index in [0.29, 0.717) is 34.3 Å². The van der Waals surface area contributed by atoms with Crippen LogP contribution >= 0.6 is 11.3 Å². The molecule has 3 aromatic rings. The largest absolute Gasteiger partial charge is 0.454 e. The minimum absolute atomic E-state index is 0.00498. The summed E-state index contributed by atoms with van der Waals surface area (Å²) < 4.78 is 11.1. The molecule has 152 valence electrons. The summed E-state index contributed by atoms with van der Waals surface area (Å²) in [6, 6.07) is 9.91. The number of nitro benzene ring substituents is 1. The molecule has 0 spiro atoms. The summed E-state index contributed by atoms with van der Waals surface area (Å²) in [5, 5.41) is 24.5. The van der Waals surface area contributed by atoms with Crippen LogP contribution in [0, 0.1) is 10.1 Å². The van der Waals surface area contributed by atoms with E-state index >= 15 is 0 Å². The van der Waals surface area contributed by atoms with E-state index in [1.807, 2.05) is 19.1 Å². The molecule has 0 saturated heterocycles. The van der Waals surface area contributed by atoms with E-state index in [-0.39, 0.29) is 23.4 Å². The second kappa shape index (κ2) is 6.95. The maximum atomic E-state index is 11.7. The lowest BCUT2D eigenvalue weighted by Crippen LogP contribution is -2.29. The van der Waals surface area contributed by atoms with Crippen LogP contribution in [0.1, 0.15) is 23.6 Å². The van der Waals surface area contributed by atoms with Gasteiger partial charge in [0.05, 0.1) is 16.7 Å². The van der Waals surface area contributed by atoms with E-state index < -0.39 is 4.92 Å². The maximum absolute atomic E-state index is 11.7. The Bertz CT molecular complexity index is 1230. The Labute approximate surface area is 173 Å². The summed E-state index contributed by atoms with van der Waals surface area (Å²) in [5.41, 5.74) is 3.13. The molecule has 5 rings (SSSR count). The fraction of sp³-hybridized carbons (Fsp3) is 0.211. The van der Waals surface area contributed by atoms with Crippen molar-refractivity contribution in [3.8, 4) is 11.5 Å². The summed E-state index contributed by atoms with van der Waals surface area (Å²) in [6.45, 7) is 2.15. The first-order valence-electron chi connectivity index (χ1n) is 9.10. The number of ether oxygens (including phenoxy) is 2. The van der Waals surface area contributed by atoms with Crippen LogP contribution in [-0.4, -0.2) is 33.7 Å². The molecule has 1 aromatic heterocycles. The summed E-state index contributed by atoms with van der Waals surface area (Å²) in [5.74, 6) is 1.29. The number of nitro groups is 1. The van der Waals surface area contributed by atoms with E-state index in [4.69, 9.17) is 14.6 Å². The molecule has 10 nitrogen and oxygen atoms in total. The molecule has 0 saturated carbocycles. The first-order valence-corrected chi connectivity index (χ1v) is 9.92. The van der Waals surface area contributed by atoms with Gasteiger partial charge in [-0.2, -0.15) is 5.10 Å². The fourth-order valence-electron chi connectivity index (χ4n) is 3.54. The number of rotatable bonds is 3. The van der Waals surface area contributed by atoms with Crippen molar-refractivity contribution in [2.75, 3.05) is 11.8 Å². The highest BCUT2D eigenvalue weighted by Crippen LogP contribution is 2.38. The number of nitrogens with one attached hydrogen (secondary N) is 1. The first kappa shape index (κ1) is 18.3. The van der Waals surface area contributed by atoms with Crippen molar-refractivity contribution in [3.63, 3.8) is 0 Å². The van der Waals surface area contributed by atoms with Crippen molar-refractivity contribution >= 4 is 27.9 Å². The molecule has 0 amide bonds. The lowest BCUT2D eigenvalue weighted by atomic mass is 9.94. The molecule has 1 N–H and O–H groups in total. The summed E-state index contributed by atoms with van der Waals surface area (Å²) in [7, 11) is 0. The molecule has 1 atom stereocenters. The highest BCUT2D eigenvalue weighted by molar-refractivity contribution is 7.13. The van der Waals surface area contributed by atoms with Gasteiger partial charge in [0.1, 0.15) is 0 Å². The summed E-state index contributed by atoms with van der Waals surface area (Å²) in [4.78, 5) is 22.0. The topological polar surface area (TPSA) is 123 Å². The van der Waals surface area contributed by atoms with Crippen LogP contribution in [-0.2, 0) is 6.42 Å². The number of hydrogen-bond donors (Lipinski definition) is 1. The van der Waals surface area contributed by atoms with Crippen LogP contribution in [0.25, 0.3) is 0 Å². The van der Waals surface area contributed by atoms with Crippen molar-refractivity contribution in [2.45, 2.75) is 19.4 Å². The van der Waals surface area contributed by atoms with Crippen molar-refractivity contribution in [1.29, 1.82) is 0 Å². The Hall–Kier alpha value is -3.73. The zero-order valence-electron chi connectivity index (χ0n) is 15.7. The number of H-pyrrole nitrogens is 1. The van der Waals surface area contributed by atoms with Crippen molar-refractivity contribution in [2.24, 2.45) is 5.10 Å². The Morgan fingerprint density at radius 2 is 1.97 bits per heavy atom. The first-order chi connectivity index (χ1) is 14.5. The van der Waals surface area contributed by atoms with Crippen LogP contribution in [0.3, 0.4) is 0 Å². The Kier molecular flexibility index (Phi) is 4.24. The Morgan fingerprint density at radius 1 is 1.23 bits per heavy atom. The number of non-ortho nitro benzene ring substituents is 1. The predicted molar refractivity (Wildman–Crippen MR) is 110 cm³/mol. The van der Waals surface area contributed by atoms with Crippen LogP contribution in [0.5, 0.6) is 11.5 Å². The van der Waals surface area contributed by atoms with Crippen LogP contribution in [0.15, 0.2) is 46.3 Å². The summed E-state index contributed by atoms with van der Waals surface area (Å²) in [6.07, 6.45) is 0.625. The van der Waals surface area contributed by atoms with E-state index in [2.05, 4.69) is 10.2 Å². The molecule has 0 radical (unpaired) electrons. The van der Waals surface area contributed by atoms with E-state index in [9.17, 15) is 14.9 Å². The molecule has 2 aliphatic heterocycles. The second-order valence-corrected chi connectivity index (χ2v) is 7.85. The van der Waals surface area contributed by atoms with E-state index in [1.165, 1.54) is 12.1 Å². The van der Waals surface area contributed by atoms with Gasteiger partial charge in [0.25, 0.3) is 5.69 Å². The van der Waals surface area contributed by atoms with E-state index in [1.54, 1.807) is 17.1 Å². The molecule has 1 unspecified atom stereocenters. The minimum Gasteiger partial charge on any atom is -0.454 e. The highest BCUT2D eigenvalue weighted by Gasteiger charge is 2.29. The van der Waals surface area contributed by atoms with Gasteiger partial charge >= 0.3 is 4.87 Å². The monoisotopic (exact) mass is 425 g/mol. The van der Waals surface area contributed by atoms with Gasteiger partial charge in [-0.3, -0.25) is 14.9 Å². The van der Waals surface area contributed by atoms with Crippen LogP contribution < -0.4 is 19.4 Å². The zero-order chi connectivity index (χ0) is 20.8. The van der Waals surface area contributed by atoms with Crippen LogP contribution in [0.2, 0.25) is 0 Å². The fourth-order valence-corrected chi connectivity index (χ4v) is 4.21. The minimum atomic E-state index is -0.444. The lowest BCUT2D eigenvalue weighted by Gasteiger charge is -2.21. The lowest BCUT2D eigenvalue weighted by molar-refractivity contribution is -0.384. The number of aromatic nitrogens is 2. The number of benzene rings is 2. The zero-order valence-corrected chi connectivity index (χ0v) is 16.5. The smallest absolute Gasteiger partial charge is 0.324 e. The van der Waals surface area contributed by atoms with Crippen LogP contribution in [0.4, 0.5) is 10.8 Å². The van der Waals surface area contributed by atoms with Gasteiger partial charge in [0.2, 0.25) is 11.9 Å². The SMILES string of the molecule is CC1Cc2cc3c(cc2C(c2ccc([N+](=O)[O-])cc2)=NN1c1n[nH]c(=O)s1)OCO3. The van der Waals surface area contributed by atoms with Gasteiger partial charge in [0.15, 0.2) is 11.5 Å². The quantitative estimate of drug-likeness (QED) is 0.505. The second-order valence-electron chi connectivity index (χ2n) is 6.91. The van der Waals surface area contributed by atoms with Gasteiger partial charge < -0.3 is 9.47 Å². The average molecular weight is 425 g/mol. The molecule has 0 fully saturated rings. The number of hydrazone groups is 1. The third kappa shape index (κ3) is 3.08. The maximum Gasteiger partial charge on any atom is 0.324 e. The summed E-state index contributed by atoms with van der Waals surface area (Å²) >= 11 is 0.969. The number of fused-ring (bicyclic) bond motifs is 2. The van der Waals surface area contributed by atoms with Crippen molar-refractivity contribution < 1.29 is 14.4 Å². The molecule has 0 aliphatic carbocycles. The van der Waals surface area contributed by atoms with Crippen molar-refractivity contribution in [1.82, 2.24) is 10.2 Å². The number of anilines is 1. The molecular weight excluding hydrogens is 410 g/mol. The Morgan fingerprint density at radius 3 is 2.63 bits per heavy atom. The third-order valence-corrected chi connectivity index (χ3v) is 5.71. The van der Waals surface area contributed by atoms with Gasteiger partial charge in [-0.05, 0) is 54.5 Å². The molecule has 30 heavy (non-hydrogen) atoms. The van der Waals surface area contributed by atoms with Crippen molar-refractivity contribution in [3.05, 3.63) is 72.9 Å². The van der Waals surface area contributed by atoms with Gasteiger partial charge in [-0.15, -0.1) is 5.10 Å². The molecule has 2 aliphatic rings. The number of nitrogens with zero attached hydrogens (tertiary/aromatic N) is 4. The molecule has 3 heterocycles. The number of hydrogen-bond acceptors (Lipinski definition) is 9. The standard InChI is InChI=1S/C19H15N5O5S/c1-10-6-12-7-15-16(29-9-28-15)8-14(12)17(11-2-4-13(5-3-11)24(26)27)22-23(10)18-20-21-19(25)30-18/h2-5,7-8,10H,6,9H2,1H3,(H,21,25). The molecule has 2 aromatic carbocycles. The third-order valence-electron chi connectivity index (χ3n) is 4.97. The molecular formula is C19H15N5O5S. The van der Waals surface area contributed by atoms with Gasteiger partial charge in [-0.25, -0.2) is 10.1 Å². The highest BCUT2D eigenvalue weighted by atomic mass is 32.1. The van der Waals surface area contributed by atoms with Gasteiger partial charge in [0, 0.05) is 23.3 Å². The predicted octanol–water partition coefficient (Wildman–Crippen LogP) is 2.67. The molecule has 11 heteroatoms. The van der Waals surface area contributed by atoms with E-state index in [0.717, 1.165) is 22.5 Å². The van der Waals surface area contributed by atoms with Gasteiger partial charge in [-0.1, -0.05) is 0 Å². The molecule has 0 bridgehead atoms. The Balaban J connectivity index is 1.69.